The Bertz CT molecular complexity index is 579. The summed E-state index contributed by atoms with van der Waals surface area (Å²) in [5, 5.41) is 6.77. The lowest BCUT2D eigenvalue weighted by atomic mass is 10.1. The second-order valence-electron chi connectivity index (χ2n) is 7.24. The summed E-state index contributed by atoms with van der Waals surface area (Å²) >= 11 is 0. The van der Waals surface area contributed by atoms with E-state index >= 15 is 0 Å². The normalized spacial score (nSPS) is 17.0. The number of benzene rings is 1. The Hall–Kier alpha value is -1.95. The summed E-state index contributed by atoms with van der Waals surface area (Å²) in [5.41, 5.74) is 1.18. The van der Waals surface area contributed by atoms with Gasteiger partial charge >= 0.3 is 0 Å². The highest BCUT2D eigenvalue weighted by Gasteiger charge is 2.24. The van der Waals surface area contributed by atoms with Gasteiger partial charge in [0.15, 0.2) is 5.96 Å². The highest BCUT2D eigenvalue weighted by Crippen LogP contribution is 2.31. The SMILES string of the molecule is CCCCOCCCNC(=NCC1CCN(c2ccccc2OC)C1)NCC. The van der Waals surface area contributed by atoms with Gasteiger partial charge in [-0.3, -0.25) is 4.99 Å². The molecule has 1 aliphatic heterocycles. The van der Waals surface area contributed by atoms with Crippen LogP contribution in [-0.2, 0) is 4.74 Å². The molecule has 1 unspecified atom stereocenters. The predicted octanol–water partition coefficient (Wildman–Crippen LogP) is 3.28. The predicted molar refractivity (Wildman–Crippen MR) is 118 cm³/mol. The Balaban J connectivity index is 1.75. The summed E-state index contributed by atoms with van der Waals surface area (Å²) in [6, 6.07) is 8.25. The molecule has 0 bridgehead atoms. The fourth-order valence-corrected chi connectivity index (χ4v) is 3.38. The van der Waals surface area contributed by atoms with Gasteiger partial charge in [0.1, 0.15) is 5.75 Å². The van der Waals surface area contributed by atoms with Gasteiger partial charge in [-0.1, -0.05) is 25.5 Å². The zero-order valence-corrected chi connectivity index (χ0v) is 17.9. The summed E-state index contributed by atoms with van der Waals surface area (Å²) in [7, 11) is 1.74. The van der Waals surface area contributed by atoms with E-state index in [4.69, 9.17) is 14.5 Å². The molecule has 1 atom stereocenters. The van der Waals surface area contributed by atoms with Crippen molar-refractivity contribution in [2.45, 2.75) is 39.5 Å². The third-order valence-corrected chi connectivity index (χ3v) is 4.96. The summed E-state index contributed by atoms with van der Waals surface area (Å²) < 4.78 is 11.1. The molecule has 0 aromatic heterocycles. The van der Waals surface area contributed by atoms with E-state index in [0.29, 0.717) is 5.92 Å². The van der Waals surface area contributed by atoms with Gasteiger partial charge in [-0.05, 0) is 44.2 Å². The van der Waals surface area contributed by atoms with Gasteiger partial charge < -0.3 is 25.0 Å². The van der Waals surface area contributed by atoms with E-state index in [1.54, 1.807) is 7.11 Å². The van der Waals surface area contributed by atoms with Crippen LogP contribution in [0.15, 0.2) is 29.3 Å². The van der Waals surface area contributed by atoms with Crippen molar-refractivity contribution in [3.63, 3.8) is 0 Å². The molecular formula is C22H38N4O2. The smallest absolute Gasteiger partial charge is 0.191 e. The lowest BCUT2D eigenvalue weighted by Gasteiger charge is -2.21. The van der Waals surface area contributed by atoms with Crippen LogP contribution in [0.3, 0.4) is 0 Å². The molecule has 28 heavy (non-hydrogen) atoms. The number of unbranched alkanes of at least 4 members (excludes halogenated alkanes) is 1. The Morgan fingerprint density at radius 3 is 2.79 bits per heavy atom. The van der Waals surface area contributed by atoms with Crippen LogP contribution in [0.25, 0.3) is 0 Å². The minimum Gasteiger partial charge on any atom is -0.495 e. The second-order valence-corrected chi connectivity index (χ2v) is 7.24. The minimum absolute atomic E-state index is 0.567. The monoisotopic (exact) mass is 390 g/mol. The average molecular weight is 391 g/mol. The van der Waals surface area contributed by atoms with Crippen molar-refractivity contribution in [2.24, 2.45) is 10.9 Å². The van der Waals surface area contributed by atoms with Gasteiger partial charge in [0, 0.05) is 45.9 Å². The number of guanidine groups is 1. The maximum absolute atomic E-state index is 5.61. The number of hydrogen-bond donors (Lipinski definition) is 2. The third kappa shape index (κ3) is 7.58. The maximum atomic E-state index is 5.61. The first-order valence-electron chi connectivity index (χ1n) is 10.8. The van der Waals surface area contributed by atoms with Crippen molar-refractivity contribution in [1.82, 2.24) is 10.6 Å². The molecule has 0 spiro atoms. The number of rotatable bonds is 12. The highest BCUT2D eigenvalue weighted by molar-refractivity contribution is 5.79. The number of nitrogens with zero attached hydrogens (tertiary/aromatic N) is 2. The van der Waals surface area contributed by atoms with E-state index in [2.05, 4.69) is 41.5 Å². The van der Waals surface area contributed by atoms with Crippen LogP contribution < -0.4 is 20.3 Å². The Morgan fingerprint density at radius 2 is 2.00 bits per heavy atom. The van der Waals surface area contributed by atoms with Crippen LogP contribution in [0.4, 0.5) is 5.69 Å². The molecule has 1 fully saturated rings. The zero-order valence-electron chi connectivity index (χ0n) is 17.9. The van der Waals surface area contributed by atoms with Gasteiger partial charge in [-0.15, -0.1) is 0 Å². The van der Waals surface area contributed by atoms with Crippen molar-refractivity contribution >= 4 is 11.6 Å². The first-order valence-corrected chi connectivity index (χ1v) is 10.8. The Kier molecular flexibility index (Phi) is 10.6. The number of aliphatic imine (C=N–C) groups is 1. The fraction of sp³-hybridized carbons (Fsp3) is 0.682. The average Bonchev–Trinajstić information content (AvgIpc) is 3.20. The van der Waals surface area contributed by atoms with Crippen molar-refractivity contribution in [1.29, 1.82) is 0 Å². The Labute approximate surface area is 170 Å². The molecule has 0 saturated carbocycles. The van der Waals surface area contributed by atoms with Crippen molar-refractivity contribution in [3.05, 3.63) is 24.3 Å². The topological polar surface area (TPSA) is 58.1 Å². The first kappa shape index (κ1) is 22.3. The zero-order chi connectivity index (χ0) is 20.0. The highest BCUT2D eigenvalue weighted by atomic mass is 16.5. The quantitative estimate of drug-likeness (QED) is 0.326. The number of nitrogens with one attached hydrogen (secondary N) is 2. The van der Waals surface area contributed by atoms with E-state index in [0.717, 1.165) is 76.9 Å². The number of para-hydroxylation sites is 2. The molecule has 2 rings (SSSR count). The number of anilines is 1. The summed E-state index contributed by atoms with van der Waals surface area (Å²) in [5.74, 6) is 2.42. The summed E-state index contributed by atoms with van der Waals surface area (Å²) in [6.07, 6.45) is 4.49. The van der Waals surface area contributed by atoms with Gasteiger partial charge in [0.05, 0.1) is 12.8 Å². The van der Waals surface area contributed by atoms with Crippen molar-refractivity contribution in [2.75, 3.05) is 57.9 Å². The fourth-order valence-electron chi connectivity index (χ4n) is 3.38. The van der Waals surface area contributed by atoms with E-state index in [1.807, 2.05) is 12.1 Å². The molecular weight excluding hydrogens is 352 g/mol. The minimum atomic E-state index is 0.567. The molecule has 1 aliphatic rings. The second kappa shape index (κ2) is 13.3. The first-order chi connectivity index (χ1) is 13.8. The lowest BCUT2D eigenvalue weighted by Crippen LogP contribution is -2.38. The van der Waals surface area contributed by atoms with E-state index < -0.39 is 0 Å². The molecule has 0 amide bonds. The largest absolute Gasteiger partial charge is 0.495 e. The molecule has 0 radical (unpaired) electrons. The molecule has 158 valence electrons. The standard InChI is InChI=1S/C22H38N4O2/c1-4-6-15-28-16-9-13-24-22(23-5-2)25-17-19-12-14-26(18-19)20-10-7-8-11-21(20)27-3/h7-8,10-11,19H,4-6,9,12-18H2,1-3H3,(H2,23,24,25). The molecule has 1 heterocycles. The van der Waals surface area contributed by atoms with Gasteiger partial charge in [-0.2, -0.15) is 0 Å². The van der Waals surface area contributed by atoms with Crippen molar-refractivity contribution in [3.8, 4) is 5.75 Å². The molecule has 6 heteroatoms. The molecule has 6 nitrogen and oxygen atoms in total. The van der Waals surface area contributed by atoms with Crippen LogP contribution in [0.2, 0.25) is 0 Å². The molecule has 2 N–H and O–H groups in total. The van der Waals surface area contributed by atoms with E-state index in [1.165, 1.54) is 12.1 Å². The number of methoxy groups -OCH3 is 1. The summed E-state index contributed by atoms with van der Waals surface area (Å²) in [4.78, 5) is 7.22. The third-order valence-electron chi connectivity index (χ3n) is 4.96. The van der Waals surface area contributed by atoms with E-state index in [9.17, 15) is 0 Å². The molecule has 1 aromatic carbocycles. The maximum Gasteiger partial charge on any atom is 0.191 e. The van der Waals surface area contributed by atoms with Crippen molar-refractivity contribution < 1.29 is 9.47 Å². The van der Waals surface area contributed by atoms with Crippen LogP contribution in [0.5, 0.6) is 5.75 Å². The number of hydrogen-bond acceptors (Lipinski definition) is 4. The van der Waals surface area contributed by atoms with Crippen LogP contribution in [-0.4, -0.2) is 59.0 Å². The van der Waals surface area contributed by atoms with Gasteiger partial charge in [0.25, 0.3) is 0 Å². The Morgan fingerprint density at radius 1 is 1.18 bits per heavy atom. The van der Waals surface area contributed by atoms with Crippen LogP contribution >= 0.6 is 0 Å². The summed E-state index contributed by atoms with van der Waals surface area (Å²) in [6.45, 7) is 10.6. The van der Waals surface area contributed by atoms with Gasteiger partial charge in [-0.25, -0.2) is 0 Å². The van der Waals surface area contributed by atoms with Crippen LogP contribution in [0.1, 0.15) is 39.5 Å². The van der Waals surface area contributed by atoms with Crippen LogP contribution in [0, 0.1) is 5.92 Å². The lowest BCUT2D eigenvalue weighted by molar-refractivity contribution is 0.129. The molecule has 1 aromatic rings. The molecule has 0 aliphatic carbocycles. The van der Waals surface area contributed by atoms with E-state index in [-0.39, 0.29) is 0 Å². The number of ether oxygens (including phenoxy) is 2. The molecule has 1 saturated heterocycles. The van der Waals surface area contributed by atoms with Gasteiger partial charge in [0.2, 0.25) is 0 Å².